The van der Waals surface area contributed by atoms with Gasteiger partial charge in [0.2, 0.25) is 5.95 Å². The van der Waals surface area contributed by atoms with Gasteiger partial charge in [0.1, 0.15) is 0 Å². The molecule has 2 saturated heterocycles. The Morgan fingerprint density at radius 1 is 1.18 bits per heavy atom. The highest BCUT2D eigenvalue weighted by Crippen LogP contribution is 2.24. The smallest absolute Gasteiger partial charge is 0.332 e. The molecule has 2 aromatic rings. The molecule has 38 heavy (non-hydrogen) atoms. The number of esters is 1. The monoisotopic (exact) mass is 527 g/mol. The van der Waals surface area contributed by atoms with Crippen molar-refractivity contribution >= 4 is 23.1 Å². The van der Waals surface area contributed by atoms with Crippen molar-refractivity contribution in [2.75, 3.05) is 37.7 Å². The number of ether oxygens (including phenoxy) is 1. The lowest BCUT2D eigenvalue weighted by Gasteiger charge is -2.35. The summed E-state index contributed by atoms with van der Waals surface area (Å²) in [5.41, 5.74) is 6.28. The second kappa shape index (κ2) is 12.2. The van der Waals surface area contributed by atoms with Gasteiger partial charge in [-0.1, -0.05) is 5.92 Å². The van der Waals surface area contributed by atoms with Crippen LogP contribution in [0.25, 0.3) is 11.2 Å². The number of hydrogen-bond acceptors (Lipinski definition) is 8. The molecule has 0 saturated carbocycles. The molecule has 4 rings (SSSR count). The fourth-order valence-electron chi connectivity index (χ4n) is 5.63. The molecular weight excluding hydrogens is 486 g/mol. The number of carbonyl (C=O) groups is 1. The minimum Gasteiger partial charge on any atom is -0.466 e. The Kier molecular flexibility index (Phi) is 8.95. The zero-order valence-electron chi connectivity index (χ0n) is 23.1. The van der Waals surface area contributed by atoms with Gasteiger partial charge in [-0.25, -0.2) is 4.79 Å². The second-order valence-corrected chi connectivity index (χ2v) is 10.4. The Morgan fingerprint density at radius 3 is 2.58 bits per heavy atom. The summed E-state index contributed by atoms with van der Waals surface area (Å²) in [4.78, 5) is 48.3. The summed E-state index contributed by atoms with van der Waals surface area (Å²) in [6, 6.07) is 0.199. The van der Waals surface area contributed by atoms with E-state index in [1.807, 2.05) is 11.5 Å². The third-order valence-corrected chi connectivity index (χ3v) is 7.91. The minimum atomic E-state index is -0.371. The number of piperidine rings is 2. The molecule has 4 heterocycles. The van der Waals surface area contributed by atoms with Crippen LogP contribution in [0.1, 0.15) is 52.9 Å². The average Bonchev–Trinajstić information content (AvgIpc) is 3.30. The highest BCUT2D eigenvalue weighted by molar-refractivity contribution is 5.75. The predicted molar refractivity (Wildman–Crippen MR) is 147 cm³/mol. The molecule has 2 aromatic heterocycles. The van der Waals surface area contributed by atoms with E-state index >= 15 is 0 Å². The van der Waals surface area contributed by atoms with Gasteiger partial charge in [-0.05, 0) is 66.0 Å². The zero-order chi connectivity index (χ0) is 27.4. The lowest BCUT2D eigenvalue weighted by molar-refractivity contribution is -0.149. The van der Waals surface area contributed by atoms with Gasteiger partial charge in [-0.2, -0.15) is 4.98 Å². The zero-order valence-corrected chi connectivity index (χ0v) is 23.1. The Morgan fingerprint density at radius 2 is 1.92 bits per heavy atom. The highest BCUT2D eigenvalue weighted by Gasteiger charge is 2.29. The third-order valence-electron chi connectivity index (χ3n) is 7.91. The topological polar surface area (TPSA) is 121 Å². The van der Waals surface area contributed by atoms with E-state index in [-0.39, 0.29) is 35.2 Å². The number of hydrogen-bond donors (Lipinski definition) is 1. The van der Waals surface area contributed by atoms with Crippen LogP contribution in [0, 0.1) is 17.8 Å². The molecule has 0 spiro atoms. The first kappa shape index (κ1) is 27.9. The number of carbonyl (C=O) groups excluding carboxylic acids is 1. The van der Waals surface area contributed by atoms with Crippen LogP contribution >= 0.6 is 0 Å². The molecule has 208 valence electrons. The minimum absolute atomic E-state index is 0.0404. The fraction of sp³-hybridized carbons (Fsp3) is 0.704. The van der Waals surface area contributed by atoms with Crippen LogP contribution < -0.4 is 21.9 Å². The molecule has 2 aliphatic heterocycles. The van der Waals surface area contributed by atoms with Gasteiger partial charge in [-0.3, -0.25) is 23.3 Å². The van der Waals surface area contributed by atoms with Crippen molar-refractivity contribution in [1.82, 2.24) is 23.6 Å². The number of rotatable bonds is 8. The Balaban J connectivity index is 1.58. The van der Waals surface area contributed by atoms with Gasteiger partial charge >= 0.3 is 11.7 Å². The number of fused-ring (bicyclic) bond motifs is 1. The molecule has 2 fully saturated rings. The third kappa shape index (κ3) is 5.66. The molecule has 0 aliphatic carbocycles. The number of aromatic nitrogens is 4. The molecular formula is C27H41N7O4. The van der Waals surface area contributed by atoms with Crippen molar-refractivity contribution < 1.29 is 9.53 Å². The standard InChI is InChI=1S/C27H41N7O4/c1-5-7-14-33-22-23(29-26(33)32-13-8-9-21(28)18-32)30(4)27(37)34(24(22)35)17-10-19(3)31-15-11-20(12-16-31)25(36)38-6-2/h19-21H,6,8-18,28H2,1-4H3/t19?,21-/m1/s1. The molecule has 11 nitrogen and oxygen atoms in total. The lowest BCUT2D eigenvalue weighted by Crippen LogP contribution is -2.44. The van der Waals surface area contributed by atoms with E-state index in [4.69, 9.17) is 15.5 Å². The number of nitrogens with zero attached hydrogens (tertiary/aromatic N) is 6. The summed E-state index contributed by atoms with van der Waals surface area (Å²) in [5, 5.41) is 0. The summed E-state index contributed by atoms with van der Waals surface area (Å²) in [6.07, 6.45) is 4.06. The van der Waals surface area contributed by atoms with Gasteiger partial charge < -0.3 is 20.3 Å². The SMILES string of the molecule is CC#CCn1c(N2CCC[C@@H](N)C2)nc2c1c(=O)n(CCC(C)N1CCC(C(=O)OCC)CC1)c(=O)n2C. The van der Waals surface area contributed by atoms with Crippen LogP contribution in [0.5, 0.6) is 0 Å². The second-order valence-electron chi connectivity index (χ2n) is 10.4. The molecule has 0 radical (unpaired) electrons. The van der Waals surface area contributed by atoms with E-state index < -0.39 is 0 Å². The van der Waals surface area contributed by atoms with E-state index in [2.05, 4.69) is 28.6 Å². The Hall–Kier alpha value is -3.10. The first-order valence-corrected chi connectivity index (χ1v) is 13.8. The van der Waals surface area contributed by atoms with E-state index in [9.17, 15) is 14.4 Å². The van der Waals surface area contributed by atoms with Crippen molar-refractivity contribution in [3.05, 3.63) is 20.8 Å². The number of imidazole rings is 1. The molecule has 0 aromatic carbocycles. The summed E-state index contributed by atoms with van der Waals surface area (Å²) in [7, 11) is 1.67. The maximum Gasteiger partial charge on any atom is 0.332 e. The molecule has 2 aliphatic rings. The first-order valence-electron chi connectivity index (χ1n) is 13.8. The molecule has 0 amide bonds. The highest BCUT2D eigenvalue weighted by atomic mass is 16.5. The van der Waals surface area contributed by atoms with Crippen LogP contribution in [-0.4, -0.2) is 74.4 Å². The van der Waals surface area contributed by atoms with Crippen LogP contribution in [0.15, 0.2) is 9.59 Å². The average molecular weight is 528 g/mol. The number of aryl methyl sites for hydroxylation is 1. The van der Waals surface area contributed by atoms with Gasteiger partial charge in [0.05, 0.1) is 19.1 Å². The van der Waals surface area contributed by atoms with Crippen molar-refractivity contribution in [2.45, 2.75) is 78.0 Å². The summed E-state index contributed by atoms with van der Waals surface area (Å²) in [6.45, 7) is 9.74. The van der Waals surface area contributed by atoms with Crippen LogP contribution in [0.4, 0.5) is 5.95 Å². The number of anilines is 1. The van der Waals surface area contributed by atoms with E-state index in [1.165, 1.54) is 9.13 Å². The maximum atomic E-state index is 13.7. The van der Waals surface area contributed by atoms with Gasteiger partial charge in [0, 0.05) is 38.8 Å². The normalized spacial score (nSPS) is 19.8. The van der Waals surface area contributed by atoms with Crippen molar-refractivity contribution in [1.29, 1.82) is 0 Å². The molecule has 0 bridgehead atoms. The lowest BCUT2D eigenvalue weighted by atomic mass is 9.95. The molecule has 2 N–H and O–H groups in total. The van der Waals surface area contributed by atoms with Gasteiger partial charge in [0.15, 0.2) is 11.2 Å². The molecule has 2 atom stereocenters. The van der Waals surface area contributed by atoms with Gasteiger partial charge in [0.25, 0.3) is 5.56 Å². The first-order chi connectivity index (χ1) is 18.3. The largest absolute Gasteiger partial charge is 0.466 e. The van der Waals surface area contributed by atoms with Gasteiger partial charge in [-0.15, -0.1) is 5.92 Å². The summed E-state index contributed by atoms with van der Waals surface area (Å²) >= 11 is 0. The fourth-order valence-corrected chi connectivity index (χ4v) is 5.63. The predicted octanol–water partition coefficient (Wildman–Crippen LogP) is 0.901. The Bertz CT molecular complexity index is 1320. The van der Waals surface area contributed by atoms with Crippen molar-refractivity contribution in [3.63, 3.8) is 0 Å². The van der Waals surface area contributed by atoms with Crippen LogP contribution in [0.2, 0.25) is 0 Å². The molecule has 11 heteroatoms. The molecule has 1 unspecified atom stereocenters. The van der Waals surface area contributed by atoms with Crippen molar-refractivity contribution in [2.24, 2.45) is 18.7 Å². The van der Waals surface area contributed by atoms with E-state index in [1.54, 1.807) is 14.0 Å². The van der Waals surface area contributed by atoms with Crippen molar-refractivity contribution in [3.8, 4) is 11.8 Å². The number of nitrogens with two attached hydrogens (primary N) is 1. The quantitative estimate of drug-likeness (QED) is 0.397. The van der Waals surface area contributed by atoms with Crippen LogP contribution in [-0.2, 0) is 29.7 Å². The number of likely N-dealkylation sites (tertiary alicyclic amines) is 1. The summed E-state index contributed by atoms with van der Waals surface area (Å²) < 4.78 is 9.81. The maximum absolute atomic E-state index is 13.7. The summed E-state index contributed by atoms with van der Waals surface area (Å²) in [5.74, 6) is 6.45. The van der Waals surface area contributed by atoms with E-state index in [0.29, 0.717) is 49.8 Å². The Labute approximate surface area is 223 Å². The van der Waals surface area contributed by atoms with E-state index in [0.717, 1.165) is 45.3 Å². The van der Waals surface area contributed by atoms with Crippen LogP contribution in [0.3, 0.4) is 0 Å².